The lowest BCUT2D eigenvalue weighted by Crippen LogP contribution is -2.25. The van der Waals surface area contributed by atoms with Gasteiger partial charge in [-0.2, -0.15) is 5.10 Å². The van der Waals surface area contributed by atoms with Gasteiger partial charge in [0.15, 0.2) is 0 Å². The molecule has 2 unspecified atom stereocenters. The van der Waals surface area contributed by atoms with Crippen LogP contribution in [0.1, 0.15) is 45.3 Å². The van der Waals surface area contributed by atoms with E-state index in [9.17, 15) is 10.2 Å². The highest BCUT2D eigenvalue weighted by Gasteiger charge is 2.14. The van der Waals surface area contributed by atoms with Crippen LogP contribution < -0.4 is 0 Å². The molecule has 16 heavy (non-hydrogen) atoms. The number of aliphatic hydroxyl groups is 2. The lowest BCUT2D eigenvalue weighted by atomic mass is 10.1. The molecule has 0 fully saturated rings. The zero-order valence-corrected chi connectivity index (χ0v) is 10.3. The van der Waals surface area contributed by atoms with E-state index in [1.165, 1.54) is 0 Å². The highest BCUT2D eigenvalue weighted by atomic mass is 16.3. The third kappa shape index (κ3) is 3.32. The van der Waals surface area contributed by atoms with Crippen LogP contribution in [0.3, 0.4) is 0 Å². The molecule has 1 aromatic heterocycles. The molecule has 0 bridgehead atoms. The molecule has 1 heterocycles. The largest absolute Gasteiger partial charge is 0.391 e. The number of rotatable bonds is 6. The van der Waals surface area contributed by atoms with Gasteiger partial charge < -0.3 is 10.2 Å². The average Bonchev–Trinajstić information content (AvgIpc) is 2.68. The molecule has 4 heteroatoms. The molecule has 0 aliphatic carbocycles. The van der Waals surface area contributed by atoms with Gasteiger partial charge in [-0.3, -0.25) is 4.68 Å². The Hall–Kier alpha value is -0.870. The van der Waals surface area contributed by atoms with Crippen molar-refractivity contribution in [1.82, 2.24) is 9.78 Å². The summed E-state index contributed by atoms with van der Waals surface area (Å²) in [5.74, 6) is 0. The smallest absolute Gasteiger partial charge is 0.0852 e. The van der Waals surface area contributed by atoms with Crippen molar-refractivity contribution in [3.05, 3.63) is 18.0 Å². The quantitative estimate of drug-likeness (QED) is 0.773. The van der Waals surface area contributed by atoms with E-state index in [1.54, 1.807) is 6.92 Å². The summed E-state index contributed by atoms with van der Waals surface area (Å²) >= 11 is 0. The zero-order valence-electron chi connectivity index (χ0n) is 10.3. The van der Waals surface area contributed by atoms with Gasteiger partial charge in [-0.25, -0.2) is 0 Å². The van der Waals surface area contributed by atoms with Crippen LogP contribution in [0.2, 0.25) is 0 Å². The van der Waals surface area contributed by atoms with Crippen LogP contribution in [0.25, 0.3) is 0 Å². The van der Waals surface area contributed by atoms with Crippen molar-refractivity contribution in [1.29, 1.82) is 0 Å². The summed E-state index contributed by atoms with van der Waals surface area (Å²) in [4.78, 5) is 0. The molecular formula is C12H22N2O2. The number of hydrogen-bond donors (Lipinski definition) is 2. The summed E-state index contributed by atoms with van der Waals surface area (Å²) < 4.78 is 1.95. The van der Waals surface area contributed by atoms with Crippen molar-refractivity contribution >= 4 is 0 Å². The second-order valence-electron chi connectivity index (χ2n) is 4.27. The van der Waals surface area contributed by atoms with Gasteiger partial charge in [-0.1, -0.05) is 13.8 Å². The predicted molar refractivity (Wildman–Crippen MR) is 63.2 cm³/mol. The van der Waals surface area contributed by atoms with E-state index in [-0.39, 0.29) is 0 Å². The van der Waals surface area contributed by atoms with Crippen LogP contribution >= 0.6 is 0 Å². The van der Waals surface area contributed by atoms with Gasteiger partial charge in [-0.15, -0.1) is 0 Å². The maximum absolute atomic E-state index is 9.54. The molecule has 2 N–H and O–H groups in total. The van der Waals surface area contributed by atoms with Gasteiger partial charge in [0, 0.05) is 12.6 Å². The van der Waals surface area contributed by atoms with E-state index in [1.807, 2.05) is 16.9 Å². The van der Waals surface area contributed by atoms with Crippen LogP contribution in [0, 0.1) is 0 Å². The van der Waals surface area contributed by atoms with E-state index in [4.69, 9.17) is 0 Å². The molecule has 0 saturated carbocycles. The number of aromatic nitrogens is 2. The average molecular weight is 226 g/mol. The zero-order chi connectivity index (χ0) is 12.1. The first-order valence-electron chi connectivity index (χ1n) is 5.98. The summed E-state index contributed by atoms with van der Waals surface area (Å²) in [5, 5.41) is 23.2. The Bertz CT molecular complexity index is 306. The molecular weight excluding hydrogens is 204 g/mol. The molecule has 92 valence electrons. The Morgan fingerprint density at radius 1 is 1.31 bits per heavy atom. The van der Waals surface area contributed by atoms with Crippen molar-refractivity contribution in [2.24, 2.45) is 0 Å². The third-order valence-electron chi connectivity index (χ3n) is 2.96. The summed E-state index contributed by atoms with van der Waals surface area (Å²) in [7, 11) is 0. The van der Waals surface area contributed by atoms with E-state index in [0.29, 0.717) is 12.5 Å². The van der Waals surface area contributed by atoms with Gasteiger partial charge >= 0.3 is 0 Å². The second-order valence-corrected chi connectivity index (χ2v) is 4.27. The van der Waals surface area contributed by atoms with E-state index < -0.39 is 12.2 Å². The number of hydrogen-bond acceptors (Lipinski definition) is 3. The molecule has 0 radical (unpaired) electrons. The molecule has 0 saturated heterocycles. The Labute approximate surface area is 96.9 Å². The Morgan fingerprint density at radius 3 is 2.44 bits per heavy atom. The summed E-state index contributed by atoms with van der Waals surface area (Å²) in [6.45, 7) is 5.86. The minimum Gasteiger partial charge on any atom is -0.391 e. The summed E-state index contributed by atoms with van der Waals surface area (Å²) in [6, 6.07) is 2.33. The standard InChI is InChI=1S/C12H22N2O2/c1-4-11(5-2)14-7-6-10(13-14)8-12(16)9(3)15/h6-7,9,11-12,15-16H,4-5,8H2,1-3H3. The topological polar surface area (TPSA) is 58.3 Å². The van der Waals surface area contributed by atoms with Crippen molar-refractivity contribution in [2.45, 2.75) is 58.3 Å². The first-order valence-corrected chi connectivity index (χ1v) is 5.98. The minimum atomic E-state index is -0.731. The van der Waals surface area contributed by atoms with Crippen molar-refractivity contribution in [3.63, 3.8) is 0 Å². The molecule has 0 amide bonds. The molecule has 0 aliphatic rings. The molecule has 0 aliphatic heterocycles. The summed E-state index contributed by atoms with van der Waals surface area (Å²) in [6.07, 6.45) is 3.02. The van der Waals surface area contributed by atoms with Crippen LogP contribution in [-0.4, -0.2) is 32.2 Å². The molecule has 0 spiro atoms. The monoisotopic (exact) mass is 226 g/mol. The van der Waals surface area contributed by atoms with Gasteiger partial charge in [-0.05, 0) is 25.8 Å². The molecule has 1 aromatic rings. The van der Waals surface area contributed by atoms with Crippen LogP contribution in [0.5, 0.6) is 0 Å². The van der Waals surface area contributed by atoms with Crippen molar-refractivity contribution in [2.75, 3.05) is 0 Å². The Kier molecular flexibility index (Phi) is 4.96. The first kappa shape index (κ1) is 13.2. The Balaban J connectivity index is 2.64. The highest BCUT2D eigenvalue weighted by Crippen LogP contribution is 2.15. The van der Waals surface area contributed by atoms with Gasteiger partial charge in [0.1, 0.15) is 0 Å². The van der Waals surface area contributed by atoms with Crippen molar-refractivity contribution in [3.8, 4) is 0 Å². The maximum Gasteiger partial charge on any atom is 0.0852 e. The van der Waals surface area contributed by atoms with Crippen LogP contribution in [0.15, 0.2) is 12.3 Å². The van der Waals surface area contributed by atoms with Gasteiger partial charge in [0.05, 0.1) is 23.9 Å². The first-order chi connectivity index (χ1) is 7.58. The molecule has 0 aromatic carbocycles. The molecule has 4 nitrogen and oxygen atoms in total. The second kappa shape index (κ2) is 6.01. The summed E-state index contributed by atoms with van der Waals surface area (Å²) in [5.41, 5.74) is 0.834. The highest BCUT2D eigenvalue weighted by molar-refractivity contribution is 5.01. The van der Waals surface area contributed by atoms with E-state index in [2.05, 4.69) is 18.9 Å². The number of nitrogens with zero attached hydrogens (tertiary/aromatic N) is 2. The lowest BCUT2D eigenvalue weighted by molar-refractivity contribution is 0.0312. The van der Waals surface area contributed by atoms with E-state index >= 15 is 0 Å². The lowest BCUT2D eigenvalue weighted by Gasteiger charge is -2.13. The van der Waals surface area contributed by atoms with Crippen LogP contribution in [0.4, 0.5) is 0 Å². The van der Waals surface area contributed by atoms with E-state index in [0.717, 1.165) is 18.5 Å². The fraction of sp³-hybridized carbons (Fsp3) is 0.750. The number of aliphatic hydroxyl groups excluding tert-OH is 2. The predicted octanol–water partition coefficient (Wildman–Crippen LogP) is 1.53. The SMILES string of the molecule is CCC(CC)n1ccc(CC(O)C(C)O)n1. The fourth-order valence-corrected chi connectivity index (χ4v) is 1.74. The molecule has 1 rings (SSSR count). The van der Waals surface area contributed by atoms with Gasteiger partial charge in [0.25, 0.3) is 0 Å². The Morgan fingerprint density at radius 2 is 1.94 bits per heavy atom. The third-order valence-corrected chi connectivity index (χ3v) is 2.96. The minimum absolute atomic E-state index is 0.408. The van der Waals surface area contributed by atoms with Gasteiger partial charge in [0.2, 0.25) is 0 Å². The van der Waals surface area contributed by atoms with Crippen molar-refractivity contribution < 1.29 is 10.2 Å². The van der Waals surface area contributed by atoms with Crippen LogP contribution in [-0.2, 0) is 6.42 Å². The fourth-order valence-electron chi connectivity index (χ4n) is 1.74. The normalized spacial score (nSPS) is 15.4. The maximum atomic E-state index is 9.54. The molecule has 2 atom stereocenters.